The van der Waals surface area contributed by atoms with Crippen LogP contribution in [0.3, 0.4) is 0 Å². The minimum atomic E-state index is -4.66. The van der Waals surface area contributed by atoms with Gasteiger partial charge in [-0.2, -0.15) is 13.2 Å². The van der Waals surface area contributed by atoms with Gasteiger partial charge in [-0.15, -0.1) is 0 Å². The van der Waals surface area contributed by atoms with Gasteiger partial charge >= 0.3 is 18.2 Å². The van der Waals surface area contributed by atoms with Crippen LogP contribution in [0, 0.1) is 11.8 Å². The third-order valence-corrected chi connectivity index (χ3v) is 7.74. The first kappa shape index (κ1) is 29.2. The number of rotatable bonds is 6. The second-order valence-corrected chi connectivity index (χ2v) is 10.4. The fourth-order valence-corrected chi connectivity index (χ4v) is 5.51. The minimum Gasteiger partial charge on any atom is -0.478 e. The first-order chi connectivity index (χ1) is 19.0. The summed E-state index contributed by atoms with van der Waals surface area (Å²) < 4.78 is 50.7. The molecular weight excluding hydrogens is 529 g/mol. The van der Waals surface area contributed by atoms with Gasteiger partial charge in [-0.1, -0.05) is 19.1 Å². The second kappa shape index (κ2) is 12.2. The van der Waals surface area contributed by atoms with Crippen molar-refractivity contribution in [3.05, 3.63) is 53.6 Å². The number of amides is 2. The van der Waals surface area contributed by atoms with Crippen LogP contribution in [0.15, 0.2) is 42.5 Å². The predicted molar refractivity (Wildman–Crippen MR) is 141 cm³/mol. The number of hydrogen-bond acceptors (Lipinski definition) is 5. The summed E-state index contributed by atoms with van der Waals surface area (Å²) in [7, 11) is 1.30. The first-order valence-corrected chi connectivity index (χ1v) is 13.4. The molecule has 0 unspecified atom stereocenters. The molecule has 0 bridgehead atoms. The summed E-state index contributed by atoms with van der Waals surface area (Å²) in [6, 6.07) is 8.25. The highest BCUT2D eigenvalue weighted by atomic mass is 19.4. The highest BCUT2D eigenvalue weighted by Crippen LogP contribution is 2.40. The van der Waals surface area contributed by atoms with E-state index in [9.17, 15) is 32.7 Å². The molecule has 2 aromatic carbocycles. The van der Waals surface area contributed by atoms with Crippen LogP contribution in [0.25, 0.3) is 0 Å². The van der Waals surface area contributed by atoms with E-state index in [0.29, 0.717) is 44.7 Å². The Labute approximate surface area is 230 Å². The summed E-state index contributed by atoms with van der Waals surface area (Å²) in [4.78, 5) is 41.4. The topological polar surface area (TPSA) is 96.4 Å². The number of carboxylic acids is 1. The SMILES string of the molecule is COC(=O)N1CCC(N(C(=O)C2CCC(C)CC2)c2ccc(Oc3ccccc3C(F)(F)F)cc2C(=O)O)CC1. The van der Waals surface area contributed by atoms with E-state index in [1.54, 1.807) is 0 Å². The zero-order valence-electron chi connectivity index (χ0n) is 22.4. The van der Waals surface area contributed by atoms with Gasteiger partial charge in [0.25, 0.3) is 0 Å². The van der Waals surface area contributed by atoms with Crippen molar-refractivity contribution >= 4 is 23.7 Å². The third-order valence-electron chi connectivity index (χ3n) is 7.74. The van der Waals surface area contributed by atoms with Gasteiger partial charge in [-0.25, -0.2) is 9.59 Å². The Morgan fingerprint density at radius 2 is 1.62 bits per heavy atom. The molecule has 216 valence electrons. The maximum absolute atomic E-state index is 14.0. The average Bonchev–Trinajstić information content (AvgIpc) is 2.93. The van der Waals surface area contributed by atoms with Crippen LogP contribution in [0.2, 0.25) is 0 Å². The van der Waals surface area contributed by atoms with Crippen molar-refractivity contribution in [2.75, 3.05) is 25.1 Å². The standard InChI is InChI=1S/C29H33F3N2O6/c1-18-7-9-19(10-8-18)26(35)34(20-13-15-33(16-14-20)28(38)39-2)24-12-11-21(17-22(24)27(36)37)40-25-6-4-3-5-23(25)29(30,31)32/h3-6,11-12,17-20H,7-10,13-16H2,1-2H3,(H,36,37). The molecule has 40 heavy (non-hydrogen) atoms. The van der Waals surface area contributed by atoms with Crippen LogP contribution in [0.5, 0.6) is 11.5 Å². The molecule has 1 aliphatic carbocycles. The van der Waals surface area contributed by atoms with Crippen LogP contribution in [0.1, 0.15) is 61.4 Å². The number of piperidine rings is 1. The number of carbonyl (C=O) groups is 3. The van der Waals surface area contributed by atoms with E-state index in [1.807, 2.05) is 0 Å². The number of likely N-dealkylation sites (tertiary alicyclic amines) is 1. The Balaban J connectivity index is 1.69. The zero-order chi connectivity index (χ0) is 29.0. The Morgan fingerprint density at radius 1 is 0.975 bits per heavy atom. The molecule has 1 heterocycles. The number of halogens is 3. The van der Waals surface area contributed by atoms with Gasteiger partial charge in [0.15, 0.2) is 0 Å². The molecule has 2 aromatic rings. The number of nitrogens with zero attached hydrogens (tertiary/aromatic N) is 2. The summed E-state index contributed by atoms with van der Waals surface area (Å²) in [6.07, 6.45) is -1.13. The maximum atomic E-state index is 14.0. The number of carbonyl (C=O) groups excluding carboxylic acids is 2. The summed E-state index contributed by atoms with van der Waals surface area (Å²) >= 11 is 0. The van der Waals surface area contributed by atoms with Crippen molar-refractivity contribution in [2.45, 2.75) is 57.7 Å². The predicted octanol–water partition coefficient (Wildman–Crippen LogP) is 6.59. The van der Waals surface area contributed by atoms with Gasteiger partial charge in [-0.3, -0.25) is 4.79 Å². The molecule has 1 saturated carbocycles. The molecule has 0 atom stereocenters. The van der Waals surface area contributed by atoms with E-state index < -0.39 is 29.6 Å². The number of para-hydroxylation sites is 1. The van der Waals surface area contributed by atoms with Crippen molar-refractivity contribution in [1.29, 1.82) is 0 Å². The van der Waals surface area contributed by atoms with E-state index in [-0.39, 0.29) is 34.9 Å². The molecule has 1 saturated heterocycles. The summed E-state index contributed by atoms with van der Waals surface area (Å²) in [6.45, 7) is 2.81. The highest BCUT2D eigenvalue weighted by Gasteiger charge is 2.38. The quantitative estimate of drug-likeness (QED) is 0.427. The van der Waals surface area contributed by atoms with Crippen molar-refractivity contribution < 1.29 is 42.1 Å². The van der Waals surface area contributed by atoms with Crippen molar-refractivity contribution in [3.63, 3.8) is 0 Å². The van der Waals surface area contributed by atoms with Crippen LogP contribution in [-0.4, -0.2) is 54.2 Å². The van der Waals surface area contributed by atoms with E-state index in [4.69, 9.17) is 9.47 Å². The third kappa shape index (κ3) is 6.51. The largest absolute Gasteiger partial charge is 0.478 e. The summed E-state index contributed by atoms with van der Waals surface area (Å²) in [5.41, 5.74) is -1.09. The monoisotopic (exact) mass is 562 g/mol. The lowest BCUT2D eigenvalue weighted by atomic mass is 9.81. The molecule has 4 rings (SSSR count). The minimum absolute atomic E-state index is 0.0998. The number of alkyl halides is 3. The van der Waals surface area contributed by atoms with Crippen LogP contribution >= 0.6 is 0 Å². The molecule has 8 nitrogen and oxygen atoms in total. The van der Waals surface area contributed by atoms with E-state index in [0.717, 1.165) is 31.0 Å². The number of benzene rings is 2. The lowest BCUT2D eigenvalue weighted by molar-refractivity contribution is -0.138. The van der Waals surface area contributed by atoms with Gasteiger partial charge in [-0.05, 0) is 74.8 Å². The zero-order valence-corrected chi connectivity index (χ0v) is 22.4. The van der Waals surface area contributed by atoms with Crippen molar-refractivity contribution in [2.24, 2.45) is 11.8 Å². The van der Waals surface area contributed by atoms with Crippen LogP contribution in [0.4, 0.5) is 23.7 Å². The molecule has 11 heteroatoms. The van der Waals surface area contributed by atoms with E-state index in [2.05, 4.69) is 6.92 Å². The van der Waals surface area contributed by atoms with Crippen molar-refractivity contribution in [3.8, 4) is 11.5 Å². The van der Waals surface area contributed by atoms with E-state index in [1.165, 1.54) is 41.2 Å². The van der Waals surface area contributed by atoms with Gasteiger partial charge in [0, 0.05) is 25.0 Å². The fraction of sp³-hybridized carbons (Fsp3) is 0.483. The molecule has 0 spiro atoms. The molecular formula is C29H33F3N2O6. The van der Waals surface area contributed by atoms with Crippen molar-refractivity contribution in [1.82, 2.24) is 4.90 Å². The smallest absolute Gasteiger partial charge is 0.419 e. The Hall–Kier alpha value is -3.76. The Kier molecular flexibility index (Phi) is 8.90. The normalized spacial score (nSPS) is 20.1. The number of ether oxygens (including phenoxy) is 2. The molecule has 2 fully saturated rings. The number of anilines is 1. The molecule has 0 radical (unpaired) electrons. The van der Waals surface area contributed by atoms with Crippen LogP contribution < -0.4 is 9.64 Å². The number of aromatic carboxylic acids is 1. The second-order valence-electron chi connectivity index (χ2n) is 10.4. The van der Waals surface area contributed by atoms with E-state index >= 15 is 0 Å². The first-order valence-electron chi connectivity index (χ1n) is 13.4. The van der Waals surface area contributed by atoms with Gasteiger partial charge < -0.3 is 24.4 Å². The highest BCUT2D eigenvalue weighted by molar-refractivity contribution is 6.03. The molecule has 0 aromatic heterocycles. The van der Waals surface area contributed by atoms with Gasteiger partial charge in [0.1, 0.15) is 11.5 Å². The molecule has 1 aliphatic heterocycles. The average molecular weight is 563 g/mol. The Morgan fingerprint density at radius 3 is 2.23 bits per heavy atom. The fourth-order valence-electron chi connectivity index (χ4n) is 5.51. The van der Waals surface area contributed by atoms with Crippen LogP contribution in [-0.2, 0) is 15.7 Å². The number of carboxylic acid groups (broad SMARTS) is 1. The number of methoxy groups -OCH3 is 1. The maximum Gasteiger partial charge on any atom is 0.419 e. The summed E-state index contributed by atoms with van der Waals surface area (Å²) in [5.74, 6) is -1.85. The Bertz CT molecular complexity index is 1230. The molecule has 2 aliphatic rings. The van der Waals surface area contributed by atoms with Gasteiger partial charge in [0.05, 0.1) is 23.9 Å². The van der Waals surface area contributed by atoms with Gasteiger partial charge in [0.2, 0.25) is 5.91 Å². The number of hydrogen-bond donors (Lipinski definition) is 1. The molecule has 1 N–H and O–H groups in total. The summed E-state index contributed by atoms with van der Waals surface area (Å²) in [5, 5.41) is 10.1. The molecule has 2 amide bonds. The lowest BCUT2D eigenvalue weighted by Gasteiger charge is -2.40. The lowest BCUT2D eigenvalue weighted by Crippen LogP contribution is -2.51.